The summed E-state index contributed by atoms with van der Waals surface area (Å²) in [6.45, 7) is 0.167. The average molecular weight is 296 g/mol. The van der Waals surface area contributed by atoms with Gasteiger partial charge in [-0.15, -0.1) is 0 Å². The van der Waals surface area contributed by atoms with Gasteiger partial charge in [-0.2, -0.15) is 13.2 Å². The van der Waals surface area contributed by atoms with E-state index in [-0.39, 0.29) is 0 Å². The fourth-order valence-electron chi connectivity index (χ4n) is 2.28. The van der Waals surface area contributed by atoms with Crippen LogP contribution in [0.3, 0.4) is 0 Å². The summed E-state index contributed by atoms with van der Waals surface area (Å²) in [4.78, 5) is 22.9. The van der Waals surface area contributed by atoms with Gasteiger partial charge in [0.05, 0.1) is 13.1 Å². The zero-order valence-corrected chi connectivity index (χ0v) is 11.2. The van der Waals surface area contributed by atoms with Crippen LogP contribution in [0.5, 0.6) is 0 Å². The molecule has 0 aromatic rings. The summed E-state index contributed by atoms with van der Waals surface area (Å²) < 4.78 is 35.8. The fourth-order valence-corrected chi connectivity index (χ4v) is 2.28. The maximum atomic E-state index is 11.9. The molecule has 20 heavy (non-hydrogen) atoms. The molecule has 0 unspecified atom stereocenters. The van der Waals surface area contributed by atoms with Crippen molar-refractivity contribution < 1.29 is 27.9 Å². The van der Waals surface area contributed by atoms with Crippen LogP contribution >= 0.6 is 0 Å². The molecule has 0 aromatic carbocycles. The van der Waals surface area contributed by atoms with Crippen LogP contribution in [0.15, 0.2) is 0 Å². The second-order valence-electron chi connectivity index (χ2n) is 5.34. The van der Waals surface area contributed by atoms with Crippen LogP contribution in [0.4, 0.5) is 13.2 Å². The second kappa shape index (κ2) is 6.43. The van der Waals surface area contributed by atoms with Gasteiger partial charge in [-0.1, -0.05) is 6.92 Å². The highest BCUT2D eigenvalue weighted by atomic mass is 19.4. The Hall–Kier alpha value is -1.31. The minimum absolute atomic E-state index is 0.300. The number of amides is 1. The standard InChI is InChI=1S/C12H19F3N2O3/c1-8-2-4-11(5-3-8,10(19)20)17-9(18)6-16-7-12(13,14)15/h8,16H,2-7H2,1H3,(H,17,18)(H,19,20). The number of aliphatic carboxylic acids is 1. The zero-order valence-electron chi connectivity index (χ0n) is 11.2. The molecule has 1 rings (SSSR count). The van der Waals surface area contributed by atoms with E-state index in [2.05, 4.69) is 5.32 Å². The van der Waals surface area contributed by atoms with Crippen LogP contribution in [0.2, 0.25) is 0 Å². The Balaban J connectivity index is 2.50. The van der Waals surface area contributed by atoms with E-state index in [1.54, 1.807) is 0 Å². The summed E-state index contributed by atoms with van der Waals surface area (Å²) >= 11 is 0. The topological polar surface area (TPSA) is 78.4 Å². The Morgan fingerprint density at radius 3 is 2.30 bits per heavy atom. The highest BCUT2D eigenvalue weighted by Crippen LogP contribution is 2.32. The van der Waals surface area contributed by atoms with Gasteiger partial charge in [0.2, 0.25) is 5.91 Å². The number of nitrogens with one attached hydrogen (secondary N) is 2. The number of carboxylic acids is 1. The van der Waals surface area contributed by atoms with Gasteiger partial charge in [-0.05, 0) is 31.6 Å². The van der Waals surface area contributed by atoms with Gasteiger partial charge in [0.15, 0.2) is 0 Å². The minimum Gasteiger partial charge on any atom is -0.480 e. The number of carboxylic acid groups (broad SMARTS) is 1. The van der Waals surface area contributed by atoms with Gasteiger partial charge in [0.25, 0.3) is 0 Å². The third-order valence-electron chi connectivity index (χ3n) is 3.53. The summed E-state index contributed by atoms with van der Waals surface area (Å²) in [5, 5.41) is 13.6. The Labute approximate surface area is 114 Å². The van der Waals surface area contributed by atoms with Gasteiger partial charge in [-0.3, -0.25) is 4.79 Å². The van der Waals surface area contributed by atoms with E-state index < -0.39 is 36.7 Å². The largest absolute Gasteiger partial charge is 0.480 e. The first-order valence-electron chi connectivity index (χ1n) is 6.46. The molecule has 0 saturated heterocycles. The van der Waals surface area contributed by atoms with Crippen LogP contribution in [-0.2, 0) is 9.59 Å². The minimum atomic E-state index is -4.40. The maximum absolute atomic E-state index is 11.9. The van der Waals surface area contributed by atoms with Crippen LogP contribution in [0, 0.1) is 5.92 Å². The second-order valence-corrected chi connectivity index (χ2v) is 5.34. The van der Waals surface area contributed by atoms with Gasteiger partial charge in [0.1, 0.15) is 5.54 Å². The van der Waals surface area contributed by atoms with E-state index in [9.17, 15) is 27.9 Å². The molecule has 0 heterocycles. The number of hydrogen-bond donors (Lipinski definition) is 3. The van der Waals surface area contributed by atoms with Crippen molar-refractivity contribution in [2.75, 3.05) is 13.1 Å². The highest BCUT2D eigenvalue weighted by molar-refractivity contribution is 5.88. The van der Waals surface area contributed by atoms with Crippen molar-refractivity contribution in [2.24, 2.45) is 5.92 Å². The molecule has 0 radical (unpaired) electrons. The lowest BCUT2D eigenvalue weighted by Crippen LogP contribution is -2.58. The average Bonchev–Trinajstić information content (AvgIpc) is 2.30. The molecule has 1 saturated carbocycles. The van der Waals surface area contributed by atoms with Crippen LogP contribution in [-0.4, -0.2) is 41.8 Å². The molecule has 0 spiro atoms. The quantitative estimate of drug-likeness (QED) is 0.714. The molecule has 116 valence electrons. The normalized spacial score (nSPS) is 27.1. The molecule has 1 aliphatic rings. The first kappa shape index (κ1) is 16.7. The summed E-state index contributed by atoms with van der Waals surface area (Å²) in [6, 6.07) is 0. The van der Waals surface area contributed by atoms with E-state index in [1.165, 1.54) is 0 Å². The lowest BCUT2D eigenvalue weighted by Gasteiger charge is -2.36. The number of carbonyl (C=O) groups is 2. The highest BCUT2D eigenvalue weighted by Gasteiger charge is 2.42. The van der Waals surface area contributed by atoms with E-state index >= 15 is 0 Å². The smallest absolute Gasteiger partial charge is 0.401 e. The molecule has 1 fully saturated rings. The molecule has 0 atom stereocenters. The van der Waals surface area contributed by atoms with Crippen molar-refractivity contribution >= 4 is 11.9 Å². The van der Waals surface area contributed by atoms with Crippen LogP contribution in [0.1, 0.15) is 32.6 Å². The predicted octanol–water partition coefficient (Wildman–Crippen LogP) is 1.29. The van der Waals surface area contributed by atoms with Crippen LogP contribution in [0.25, 0.3) is 0 Å². The van der Waals surface area contributed by atoms with E-state index in [0.29, 0.717) is 31.6 Å². The maximum Gasteiger partial charge on any atom is 0.401 e. The van der Waals surface area contributed by atoms with Crippen molar-refractivity contribution in [2.45, 2.75) is 44.3 Å². The molecule has 8 heteroatoms. The Kier molecular flexibility index (Phi) is 5.38. The molecule has 0 bridgehead atoms. The summed E-state index contributed by atoms with van der Waals surface area (Å²) in [5.74, 6) is -1.47. The number of carbonyl (C=O) groups excluding carboxylic acids is 1. The van der Waals surface area contributed by atoms with Gasteiger partial charge in [0, 0.05) is 0 Å². The molecule has 1 amide bonds. The van der Waals surface area contributed by atoms with Crippen LogP contribution < -0.4 is 10.6 Å². The first-order chi connectivity index (χ1) is 9.15. The monoisotopic (exact) mass is 296 g/mol. The summed E-state index contributed by atoms with van der Waals surface area (Å²) in [5.41, 5.74) is -1.34. The van der Waals surface area contributed by atoms with Gasteiger partial charge < -0.3 is 15.7 Å². The molecule has 1 aliphatic carbocycles. The lowest BCUT2D eigenvalue weighted by molar-refractivity contribution is -0.150. The van der Waals surface area contributed by atoms with Gasteiger partial charge in [-0.25, -0.2) is 4.79 Å². The zero-order chi connectivity index (χ0) is 15.4. The Morgan fingerprint density at radius 1 is 1.30 bits per heavy atom. The molecular weight excluding hydrogens is 277 g/mol. The summed E-state index contributed by atoms with van der Waals surface area (Å²) in [6.07, 6.45) is -2.46. The van der Waals surface area contributed by atoms with Crippen molar-refractivity contribution in [1.29, 1.82) is 0 Å². The third-order valence-corrected chi connectivity index (χ3v) is 3.53. The van der Waals surface area contributed by atoms with E-state index in [4.69, 9.17) is 0 Å². The number of alkyl halides is 3. The molecule has 0 aliphatic heterocycles. The van der Waals surface area contributed by atoms with E-state index in [1.807, 2.05) is 12.2 Å². The number of hydrogen-bond acceptors (Lipinski definition) is 3. The Bertz CT molecular complexity index is 363. The van der Waals surface area contributed by atoms with Crippen molar-refractivity contribution in [3.8, 4) is 0 Å². The van der Waals surface area contributed by atoms with Crippen molar-refractivity contribution in [3.05, 3.63) is 0 Å². The molecular formula is C12H19F3N2O3. The van der Waals surface area contributed by atoms with Crippen molar-refractivity contribution in [3.63, 3.8) is 0 Å². The number of halogens is 3. The van der Waals surface area contributed by atoms with Crippen molar-refractivity contribution in [1.82, 2.24) is 10.6 Å². The predicted molar refractivity (Wildman–Crippen MR) is 65.1 cm³/mol. The molecule has 0 aromatic heterocycles. The van der Waals surface area contributed by atoms with E-state index in [0.717, 1.165) is 0 Å². The first-order valence-corrected chi connectivity index (χ1v) is 6.46. The SMILES string of the molecule is CC1CCC(NC(=O)CNCC(F)(F)F)(C(=O)O)CC1. The fraction of sp³-hybridized carbons (Fsp3) is 0.833. The third kappa shape index (κ3) is 4.99. The summed E-state index contributed by atoms with van der Waals surface area (Å²) in [7, 11) is 0. The molecule has 3 N–H and O–H groups in total. The lowest BCUT2D eigenvalue weighted by atomic mass is 9.77. The Morgan fingerprint density at radius 2 is 1.85 bits per heavy atom. The van der Waals surface area contributed by atoms with Gasteiger partial charge >= 0.3 is 12.1 Å². The molecule has 5 nitrogen and oxygen atoms in total. The number of rotatable bonds is 5.